The topological polar surface area (TPSA) is 47.9 Å². The van der Waals surface area contributed by atoms with Gasteiger partial charge in [0.1, 0.15) is 11.5 Å². The van der Waals surface area contributed by atoms with Gasteiger partial charge in [-0.3, -0.25) is 0 Å². The zero-order valence-electron chi connectivity index (χ0n) is 35.8. The van der Waals surface area contributed by atoms with Gasteiger partial charge in [0.15, 0.2) is 17.5 Å². The molecule has 0 bridgehead atoms. The molecule has 66 heavy (non-hydrogen) atoms. The number of hydrogen-bond acceptors (Lipinski definition) is 4. The predicted octanol–water partition coefficient (Wildman–Crippen LogP) is 15.5. The van der Waals surface area contributed by atoms with Crippen molar-refractivity contribution in [1.82, 2.24) is 15.0 Å². The number of aromatic nitrogens is 3. The van der Waals surface area contributed by atoms with Crippen LogP contribution in [0.4, 0.5) is 0 Å². The fourth-order valence-corrected chi connectivity index (χ4v) is 10.4. The van der Waals surface area contributed by atoms with Gasteiger partial charge in [0.2, 0.25) is 0 Å². The lowest BCUT2D eigenvalue weighted by Crippen LogP contribution is -2.32. The Balaban J connectivity index is 0.996. The van der Waals surface area contributed by atoms with Crippen molar-refractivity contribution in [2.24, 2.45) is 0 Å². The summed E-state index contributed by atoms with van der Waals surface area (Å²) >= 11 is 0. The number of hydrogen-bond donors (Lipinski definition) is 0. The predicted molar refractivity (Wildman–Crippen MR) is 267 cm³/mol. The van der Waals surface area contributed by atoms with Gasteiger partial charge < -0.3 is 4.74 Å². The van der Waals surface area contributed by atoms with Crippen molar-refractivity contribution in [2.45, 2.75) is 5.41 Å². The second-order valence-electron chi connectivity index (χ2n) is 17.1. The molecule has 10 aromatic carbocycles. The minimum atomic E-state index is -0.613. The van der Waals surface area contributed by atoms with Crippen LogP contribution in [0, 0.1) is 0 Å². The molecular weight excluding hydrogens is 803 g/mol. The Bertz CT molecular complexity index is 3570. The van der Waals surface area contributed by atoms with E-state index in [1.54, 1.807) is 0 Å². The van der Waals surface area contributed by atoms with Crippen LogP contribution in [-0.2, 0) is 5.41 Å². The lowest BCUT2D eigenvalue weighted by Gasteiger charge is -2.39. The van der Waals surface area contributed by atoms with Crippen LogP contribution in [0.5, 0.6) is 11.5 Å². The molecule has 13 rings (SSSR count). The molecule has 4 nitrogen and oxygen atoms in total. The minimum absolute atomic E-state index is 0.609. The van der Waals surface area contributed by atoms with E-state index < -0.39 is 5.41 Å². The third-order valence-corrected chi connectivity index (χ3v) is 13.4. The molecule has 0 unspecified atom stereocenters. The summed E-state index contributed by atoms with van der Waals surface area (Å²) in [5, 5.41) is 2.29. The molecule has 11 aromatic rings. The van der Waals surface area contributed by atoms with Crippen LogP contribution in [0.2, 0.25) is 0 Å². The fraction of sp³-hybridized carbons (Fsp3) is 0.0161. The van der Waals surface area contributed by atoms with Crippen molar-refractivity contribution in [3.63, 3.8) is 0 Å². The molecule has 1 aromatic heterocycles. The summed E-state index contributed by atoms with van der Waals surface area (Å²) in [5.41, 5.74) is 16.0. The van der Waals surface area contributed by atoms with Crippen molar-refractivity contribution in [3.8, 4) is 90.2 Å². The van der Waals surface area contributed by atoms with Gasteiger partial charge in [-0.05, 0) is 103 Å². The molecule has 2 aliphatic rings. The molecule has 1 aliphatic heterocycles. The van der Waals surface area contributed by atoms with Gasteiger partial charge in [-0.2, -0.15) is 0 Å². The highest BCUT2D eigenvalue weighted by Crippen LogP contribution is 2.63. The molecule has 308 valence electrons. The molecule has 0 amide bonds. The van der Waals surface area contributed by atoms with Crippen molar-refractivity contribution in [1.29, 1.82) is 0 Å². The monoisotopic (exact) mass is 841 g/mol. The molecule has 0 atom stereocenters. The molecule has 1 spiro atoms. The number of para-hydroxylation sites is 2. The highest BCUT2D eigenvalue weighted by molar-refractivity contribution is 5.96. The summed E-state index contributed by atoms with van der Waals surface area (Å²) in [5.74, 6) is 3.56. The second-order valence-corrected chi connectivity index (χ2v) is 17.1. The van der Waals surface area contributed by atoms with Gasteiger partial charge >= 0.3 is 0 Å². The van der Waals surface area contributed by atoms with Gasteiger partial charge in [0.25, 0.3) is 0 Å². The van der Waals surface area contributed by atoms with E-state index in [0.717, 1.165) is 72.3 Å². The van der Waals surface area contributed by atoms with Gasteiger partial charge in [-0.1, -0.05) is 200 Å². The molecule has 1 aliphatic carbocycles. The molecule has 0 saturated heterocycles. The Hall–Kier alpha value is -8.73. The Morgan fingerprint density at radius 2 is 0.727 bits per heavy atom. The molecule has 0 N–H and O–H groups in total. The molecule has 4 heteroatoms. The first-order valence-electron chi connectivity index (χ1n) is 22.4. The van der Waals surface area contributed by atoms with Crippen LogP contribution in [0.3, 0.4) is 0 Å². The third-order valence-electron chi connectivity index (χ3n) is 13.4. The number of fused-ring (bicyclic) bond motifs is 10. The Kier molecular flexibility index (Phi) is 8.72. The van der Waals surface area contributed by atoms with Gasteiger partial charge in [-0.25, -0.2) is 15.0 Å². The maximum atomic E-state index is 6.62. The summed E-state index contributed by atoms with van der Waals surface area (Å²) < 4.78 is 6.62. The first-order valence-corrected chi connectivity index (χ1v) is 22.4. The lowest BCUT2D eigenvalue weighted by atomic mass is 9.66. The first-order chi connectivity index (χ1) is 32.7. The maximum absolute atomic E-state index is 6.62. The SMILES string of the molecule is c1ccc(-c2cc(-c3ccccc3)cc(-c3ccc(-c4nc(-c5ccc6ccccc6c5)nc(-c5cccc6c5-c5ccccc5C65c6ccccc6Oc6ccccc65)n4)cc3)c2)cc1. The Labute approximate surface area is 383 Å². The number of nitrogens with zero attached hydrogens (tertiary/aromatic N) is 3. The van der Waals surface area contributed by atoms with E-state index in [2.05, 4.69) is 237 Å². The summed E-state index contributed by atoms with van der Waals surface area (Å²) in [7, 11) is 0. The highest BCUT2D eigenvalue weighted by atomic mass is 16.5. The first kappa shape index (κ1) is 37.8. The van der Waals surface area contributed by atoms with E-state index in [-0.39, 0.29) is 0 Å². The fourth-order valence-electron chi connectivity index (χ4n) is 10.4. The lowest BCUT2D eigenvalue weighted by molar-refractivity contribution is 0.436. The zero-order chi connectivity index (χ0) is 43.6. The average molecular weight is 842 g/mol. The van der Waals surface area contributed by atoms with Crippen LogP contribution in [0.15, 0.2) is 237 Å². The van der Waals surface area contributed by atoms with Crippen LogP contribution < -0.4 is 4.74 Å². The van der Waals surface area contributed by atoms with Gasteiger partial charge in [0.05, 0.1) is 5.41 Å². The van der Waals surface area contributed by atoms with Gasteiger partial charge in [-0.15, -0.1) is 0 Å². The smallest absolute Gasteiger partial charge is 0.164 e. The Morgan fingerprint density at radius 3 is 1.38 bits per heavy atom. The quantitative estimate of drug-likeness (QED) is 0.167. The van der Waals surface area contributed by atoms with Crippen molar-refractivity contribution in [3.05, 3.63) is 259 Å². The Morgan fingerprint density at radius 1 is 0.273 bits per heavy atom. The zero-order valence-corrected chi connectivity index (χ0v) is 35.8. The van der Waals surface area contributed by atoms with E-state index in [9.17, 15) is 0 Å². The summed E-state index contributed by atoms with van der Waals surface area (Å²) in [6.45, 7) is 0. The summed E-state index contributed by atoms with van der Waals surface area (Å²) in [6, 6.07) is 83.9. The standard InChI is InChI=1S/C62H39N3O/c1-3-16-40(17-4-1)47-37-48(41-18-5-2-6-19-41)39-49(38-47)43-30-33-44(34-31-43)59-63-60(46-35-32-42-20-7-8-21-45(42)36-46)65-61(64-59)51-23-15-27-55-58(51)50-22-9-10-24-52(50)62(55)53-25-11-13-28-56(53)66-57-29-14-12-26-54(57)62/h1-39H. The largest absolute Gasteiger partial charge is 0.457 e. The van der Waals surface area contributed by atoms with E-state index >= 15 is 0 Å². The van der Waals surface area contributed by atoms with E-state index in [1.807, 2.05) is 0 Å². The number of rotatable bonds is 6. The molecule has 0 saturated carbocycles. The van der Waals surface area contributed by atoms with Crippen LogP contribution in [-0.4, -0.2) is 15.0 Å². The van der Waals surface area contributed by atoms with E-state index in [4.69, 9.17) is 19.7 Å². The maximum Gasteiger partial charge on any atom is 0.164 e. The number of benzene rings is 10. The van der Waals surface area contributed by atoms with Crippen LogP contribution in [0.1, 0.15) is 22.3 Å². The van der Waals surface area contributed by atoms with Gasteiger partial charge in [0, 0.05) is 27.8 Å². The second kappa shape index (κ2) is 15.2. The molecular formula is C62H39N3O. The van der Waals surface area contributed by atoms with Crippen molar-refractivity contribution in [2.75, 3.05) is 0 Å². The van der Waals surface area contributed by atoms with Crippen LogP contribution >= 0.6 is 0 Å². The van der Waals surface area contributed by atoms with Crippen molar-refractivity contribution < 1.29 is 4.74 Å². The third kappa shape index (κ3) is 6.03. The molecule has 0 fully saturated rings. The number of ether oxygens (including phenoxy) is 1. The minimum Gasteiger partial charge on any atom is -0.457 e. The summed E-state index contributed by atoms with van der Waals surface area (Å²) in [4.78, 5) is 16.0. The van der Waals surface area contributed by atoms with E-state index in [0.29, 0.717) is 17.5 Å². The summed E-state index contributed by atoms with van der Waals surface area (Å²) in [6.07, 6.45) is 0. The van der Waals surface area contributed by atoms with Crippen molar-refractivity contribution >= 4 is 10.8 Å². The molecule has 2 heterocycles. The van der Waals surface area contributed by atoms with E-state index in [1.165, 1.54) is 33.4 Å². The highest BCUT2D eigenvalue weighted by Gasteiger charge is 2.51. The molecule has 0 radical (unpaired) electrons. The average Bonchev–Trinajstić information content (AvgIpc) is 3.69. The van der Waals surface area contributed by atoms with Crippen LogP contribution in [0.25, 0.3) is 89.4 Å². The normalized spacial score (nSPS) is 12.8.